The van der Waals surface area contributed by atoms with Gasteiger partial charge in [0.1, 0.15) is 29.3 Å². The van der Waals surface area contributed by atoms with E-state index in [0.29, 0.717) is 42.4 Å². The first-order chi connectivity index (χ1) is 15.9. The van der Waals surface area contributed by atoms with Crippen molar-refractivity contribution in [2.24, 2.45) is 0 Å². The van der Waals surface area contributed by atoms with Crippen molar-refractivity contribution in [1.82, 2.24) is 15.0 Å². The van der Waals surface area contributed by atoms with Gasteiger partial charge in [-0.05, 0) is 32.4 Å². The van der Waals surface area contributed by atoms with Gasteiger partial charge >= 0.3 is 6.18 Å². The maximum atomic E-state index is 12.6. The third-order valence-electron chi connectivity index (χ3n) is 6.35. The molecule has 1 saturated carbocycles. The number of pyridine rings is 1. The molecule has 1 aliphatic carbocycles. The second-order valence-corrected chi connectivity index (χ2v) is 8.97. The van der Waals surface area contributed by atoms with Gasteiger partial charge < -0.3 is 25.4 Å². The molecular weight excluding hydrogens is 453 g/mol. The maximum Gasteiger partial charge on any atom is 0.433 e. The van der Waals surface area contributed by atoms with E-state index in [1.807, 2.05) is 6.92 Å². The number of amides is 1. The highest BCUT2D eigenvalue weighted by molar-refractivity contribution is 6.04. The third-order valence-corrected chi connectivity index (χ3v) is 6.35. The normalized spacial score (nSPS) is 23.9. The summed E-state index contributed by atoms with van der Waals surface area (Å²) < 4.78 is 43.6. The van der Waals surface area contributed by atoms with Gasteiger partial charge in [-0.3, -0.25) is 4.79 Å². The summed E-state index contributed by atoms with van der Waals surface area (Å²) in [6, 6.07) is 1.37. The van der Waals surface area contributed by atoms with Gasteiger partial charge in [0.15, 0.2) is 5.82 Å². The molecule has 34 heavy (non-hydrogen) atoms. The fraction of sp³-hybridized carbons (Fsp3) is 0.545. The Kier molecular flexibility index (Phi) is 6.05. The lowest BCUT2D eigenvalue weighted by Crippen LogP contribution is -2.59. The van der Waals surface area contributed by atoms with Crippen LogP contribution in [0.3, 0.4) is 0 Å². The Morgan fingerprint density at radius 3 is 2.59 bits per heavy atom. The number of aliphatic hydroxyl groups is 1. The Morgan fingerprint density at radius 2 is 2.00 bits per heavy atom. The molecule has 12 heteroatoms. The van der Waals surface area contributed by atoms with Crippen LogP contribution in [0.1, 0.15) is 44.5 Å². The Labute approximate surface area is 194 Å². The van der Waals surface area contributed by atoms with Crippen molar-refractivity contribution < 1.29 is 27.8 Å². The number of likely N-dealkylation sites (N-methyl/N-ethyl adjacent to an activating group) is 1. The molecule has 2 aromatic rings. The first-order valence-corrected chi connectivity index (χ1v) is 11.0. The molecule has 4 rings (SSSR count). The predicted molar refractivity (Wildman–Crippen MR) is 119 cm³/mol. The number of anilines is 3. The van der Waals surface area contributed by atoms with E-state index in [0.717, 1.165) is 12.3 Å². The molecule has 1 amide bonds. The van der Waals surface area contributed by atoms with E-state index in [2.05, 4.69) is 25.6 Å². The lowest BCUT2D eigenvalue weighted by molar-refractivity contribution is -0.141. The Morgan fingerprint density at radius 1 is 1.29 bits per heavy atom. The average molecular weight is 480 g/mol. The summed E-state index contributed by atoms with van der Waals surface area (Å²) >= 11 is 0. The molecule has 3 heterocycles. The van der Waals surface area contributed by atoms with Crippen LogP contribution in [-0.2, 0) is 11.0 Å². The molecule has 0 radical (unpaired) electrons. The van der Waals surface area contributed by atoms with Crippen LogP contribution in [0.25, 0.3) is 0 Å². The van der Waals surface area contributed by atoms with E-state index < -0.39 is 23.5 Å². The maximum absolute atomic E-state index is 12.6. The fourth-order valence-electron chi connectivity index (χ4n) is 4.18. The molecular formula is C22H27F3N6O3. The summed E-state index contributed by atoms with van der Waals surface area (Å²) in [5.74, 6) is 0.861. The number of hydrogen-bond donors (Lipinski definition) is 3. The molecule has 0 bridgehead atoms. The average Bonchev–Trinajstić information content (AvgIpc) is 2.73. The number of nitrogens with zero attached hydrogens (tertiary/aromatic N) is 4. The van der Waals surface area contributed by atoms with Gasteiger partial charge in [0.2, 0.25) is 11.9 Å². The standard InChI is InChI=1S/C22H27F3N6O3/c1-5-21(3,33)17-19(32)29-16-11(2)27-20(30-18(16)31(17)4)28-12-8-14(9-12)34-13-6-7-15(26-10-13)22(23,24)25/h6-7,10,12,14,17,33H,5,8-9H2,1-4H3,(H,29,32)(H,27,28,30)/t12?,14?,17-,21-/m0/s1. The Bertz CT molecular complexity index is 1070. The number of carbonyl (C=O) groups is 1. The smallest absolute Gasteiger partial charge is 0.433 e. The van der Waals surface area contributed by atoms with E-state index in [1.165, 1.54) is 6.07 Å². The highest BCUT2D eigenvalue weighted by atomic mass is 19.4. The van der Waals surface area contributed by atoms with Crippen molar-refractivity contribution in [3.63, 3.8) is 0 Å². The quantitative estimate of drug-likeness (QED) is 0.578. The van der Waals surface area contributed by atoms with Crippen LogP contribution in [0.4, 0.5) is 30.6 Å². The van der Waals surface area contributed by atoms with Crippen molar-refractivity contribution in [1.29, 1.82) is 0 Å². The monoisotopic (exact) mass is 480 g/mol. The molecule has 1 fully saturated rings. The predicted octanol–water partition coefficient (Wildman–Crippen LogP) is 3.14. The van der Waals surface area contributed by atoms with Crippen LogP contribution >= 0.6 is 0 Å². The number of halogens is 3. The lowest BCUT2D eigenvalue weighted by Gasteiger charge is -2.42. The van der Waals surface area contributed by atoms with Gasteiger partial charge in [0.05, 0.1) is 17.5 Å². The molecule has 2 atom stereocenters. The highest BCUT2D eigenvalue weighted by Crippen LogP contribution is 2.37. The van der Waals surface area contributed by atoms with Gasteiger partial charge in [-0.2, -0.15) is 18.2 Å². The van der Waals surface area contributed by atoms with E-state index in [-0.39, 0.29) is 23.8 Å². The molecule has 184 valence electrons. The Balaban J connectivity index is 1.40. The van der Waals surface area contributed by atoms with Crippen LogP contribution in [0, 0.1) is 6.92 Å². The van der Waals surface area contributed by atoms with Crippen LogP contribution in [0.2, 0.25) is 0 Å². The zero-order valence-electron chi connectivity index (χ0n) is 19.3. The topological polar surface area (TPSA) is 112 Å². The van der Waals surface area contributed by atoms with E-state index in [9.17, 15) is 23.1 Å². The van der Waals surface area contributed by atoms with Gasteiger partial charge in [0.25, 0.3) is 0 Å². The second kappa shape index (κ2) is 8.57. The van der Waals surface area contributed by atoms with Crippen molar-refractivity contribution in [2.75, 3.05) is 22.6 Å². The minimum Gasteiger partial charge on any atom is -0.489 e. The number of ether oxygens (including phenoxy) is 1. The molecule has 1 aliphatic heterocycles. The van der Waals surface area contributed by atoms with Crippen LogP contribution in [-0.4, -0.2) is 56.8 Å². The SMILES string of the molecule is CC[C@](C)(O)[C@@H]1C(=O)Nc2c(C)nc(NC3CC(Oc4ccc(C(F)(F)F)nc4)C3)nc2N1C. The molecule has 2 aliphatic rings. The number of alkyl halides is 3. The van der Waals surface area contributed by atoms with Crippen molar-refractivity contribution >= 4 is 23.4 Å². The number of carbonyl (C=O) groups excluding carboxylic acids is 1. The summed E-state index contributed by atoms with van der Waals surface area (Å²) in [6.07, 6.45) is -1.97. The van der Waals surface area contributed by atoms with Crippen LogP contribution in [0.15, 0.2) is 18.3 Å². The van der Waals surface area contributed by atoms with E-state index in [1.54, 1.807) is 25.8 Å². The lowest BCUT2D eigenvalue weighted by atomic mass is 9.89. The molecule has 2 aromatic heterocycles. The van der Waals surface area contributed by atoms with E-state index in [4.69, 9.17) is 4.74 Å². The van der Waals surface area contributed by atoms with Gasteiger partial charge in [-0.25, -0.2) is 9.97 Å². The summed E-state index contributed by atoms with van der Waals surface area (Å²) in [5.41, 5.74) is -1.11. The fourth-order valence-corrected chi connectivity index (χ4v) is 4.18. The summed E-state index contributed by atoms with van der Waals surface area (Å²) in [7, 11) is 1.72. The first kappa shape index (κ1) is 24.0. The number of rotatable bonds is 6. The third kappa shape index (κ3) is 4.59. The number of hydrogen-bond acceptors (Lipinski definition) is 8. The minimum absolute atomic E-state index is 0.0166. The molecule has 0 spiro atoms. The van der Waals surface area contributed by atoms with E-state index >= 15 is 0 Å². The Hall–Kier alpha value is -3.15. The van der Waals surface area contributed by atoms with Gasteiger partial charge in [-0.15, -0.1) is 0 Å². The first-order valence-electron chi connectivity index (χ1n) is 11.0. The van der Waals surface area contributed by atoms with Crippen LogP contribution < -0.4 is 20.3 Å². The minimum atomic E-state index is -4.49. The second-order valence-electron chi connectivity index (χ2n) is 8.97. The molecule has 0 saturated heterocycles. The number of aromatic nitrogens is 3. The number of nitrogens with one attached hydrogen (secondary N) is 2. The summed E-state index contributed by atoms with van der Waals surface area (Å²) in [5, 5.41) is 16.8. The zero-order chi connectivity index (χ0) is 24.8. The van der Waals surface area contributed by atoms with Crippen molar-refractivity contribution in [3.8, 4) is 5.75 Å². The van der Waals surface area contributed by atoms with Crippen LogP contribution in [0.5, 0.6) is 5.75 Å². The number of fused-ring (bicyclic) bond motifs is 1. The molecule has 9 nitrogen and oxygen atoms in total. The summed E-state index contributed by atoms with van der Waals surface area (Å²) in [4.78, 5) is 26.7. The largest absolute Gasteiger partial charge is 0.489 e. The van der Waals surface area contributed by atoms with Gasteiger partial charge in [-0.1, -0.05) is 6.92 Å². The molecule has 0 aromatic carbocycles. The zero-order valence-corrected chi connectivity index (χ0v) is 19.3. The molecule has 0 unspecified atom stereocenters. The summed E-state index contributed by atoms with van der Waals surface area (Å²) in [6.45, 7) is 5.19. The van der Waals surface area contributed by atoms with Gasteiger partial charge in [0, 0.05) is 25.9 Å². The van der Waals surface area contributed by atoms with Crippen molar-refractivity contribution in [2.45, 2.75) is 70.0 Å². The van der Waals surface area contributed by atoms with Crippen molar-refractivity contribution in [3.05, 3.63) is 29.7 Å². The molecule has 3 N–H and O–H groups in total. The number of aryl methyl sites for hydroxylation is 1. The highest BCUT2D eigenvalue weighted by Gasteiger charge is 2.44.